The monoisotopic (exact) mass is 920 g/mol. The van der Waals surface area contributed by atoms with Crippen LogP contribution in [-0.2, 0) is 28.8 Å². The Kier molecular flexibility index (Phi) is 27.0. The largest absolute Gasteiger partial charge is 3.00 e. The van der Waals surface area contributed by atoms with Crippen molar-refractivity contribution in [1.82, 2.24) is 0 Å². The number of carbonyl (C=O) groups is 6. The molecule has 0 spiro atoms. The maximum Gasteiger partial charge on any atom is 3.00 e. The van der Waals surface area contributed by atoms with Gasteiger partial charge in [-0.05, 0) is 74.0 Å². The van der Waals surface area contributed by atoms with E-state index >= 15 is 0 Å². The first-order chi connectivity index (χ1) is 19.8. The maximum atomic E-state index is 10.9. The summed E-state index contributed by atoms with van der Waals surface area (Å²) in [6, 6.07) is 0. The van der Waals surface area contributed by atoms with Gasteiger partial charge in [0, 0.05) is 52.1 Å². The van der Waals surface area contributed by atoms with Crippen molar-refractivity contribution in [3.63, 3.8) is 0 Å². The van der Waals surface area contributed by atoms with Gasteiger partial charge in [-0.2, -0.15) is 0 Å². The van der Waals surface area contributed by atoms with Crippen molar-refractivity contribution in [2.45, 2.75) is 141 Å². The Bertz CT molecular complexity index is 900. The average molecular weight is 921 g/mol. The van der Waals surface area contributed by atoms with Crippen LogP contribution < -0.4 is 30.6 Å². The van der Waals surface area contributed by atoms with Crippen molar-refractivity contribution in [3.05, 3.63) is 0 Å². The molecule has 0 atom stereocenters. The minimum atomic E-state index is -1.11. The number of hydrogen-bond donors (Lipinski definition) is 0. The molecule has 0 aliphatic heterocycles. The first-order valence-corrected chi connectivity index (χ1v) is 15.1. The van der Waals surface area contributed by atoms with E-state index in [9.17, 15) is 59.4 Å². The topological polar surface area (TPSA) is 241 Å². The predicted molar refractivity (Wildman–Crippen MR) is 154 cm³/mol. The fraction of sp³-hybridized carbons (Fsp3) is 0.818. The molecule has 14 heteroatoms. The molecule has 0 N–H and O–H groups in total. The Labute approximate surface area is 336 Å². The summed E-state index contributed by atoms with van der Waals surface area (Å²) in [6.07, 6.45) is 2.71. The minimum Gasteiger partial charge on any atom is -0.550 e. The molecule has 0 aliphatic rings. The van der Waals surface area contributed by atoms with Crippen molar-refractivity contribution >= 4 is 35.8 Å². The van der Waals surface area contributed by atoms with Crippen LogP contribution in [0.5, 0.6) is 0 Å². The van der Waals surface area contributed by atoms with Gasteiger partial charge in [0.1, 0.15) is 0 Å². The normalized spacial score (nSPS) is 12.0. The zero-order chi connectivity index (χ0) is 36.8. The van der Waals surface area contributed by atoms with E-state index in [0.29, 0.717) is 38.5 Å². The maximum absolute atomic E-state index is 10.9. The standard InChI is InChI=1S/3C11H20O4.2La/c3*1-10(2,7-5-6-8(12)13)11(3,4)9(14)15;;/h3*5-7H2,1-4H3,(H,12,13)(H,14,15);;/q;;;2*+3/p-6. The van der Waals surface area contributed by atoms with E-state index in [1.54, 1.807) is 83.1 Å². The van der Waals surface area contributed by atoms with E-state index in [-0.39, 0.29) is 90.5 Å². The van der Waals surface area contributed by atoms with Gasteiger partial charge in [0.25, 0.3) is 0 Å². The number of carboxylic acids is 6. The van der Waals surface area contributed by atoms with Crippen molar-refractivity contribution in [2.24, 2.45) is 32.5 Å². The van der Waals surface area contributed by atoms with E-state index in [1.165, 1.54) is 0 Å². The predicted octanol–water partition coefficient (Wildman–Crippen LogP) is -0.873. The van der Waals surface area contributed by atoms with Gasteiger partial charge in [-0.3, -0.25) is 0 Å². The molecular formula is C33H54La2O12. The summed E-state index contributed by atoms with van der Waals surface area (Å²) >= 11 is 0. The molecule has 0 aliphatic carbocycles. The summed E-state index contributed by atoms with van der Waals surface area (Å²) in [4.78, 5) is 63.5. The van der Waals surface area contributed by atoms with E-state index in [2.05, 4.69) is 0 Å². The van der Waals surface area contributed by atoms with Crippen LogP contribution in [0.4, 0.5) is 0 Å². The summed E-state index contributed by atoms with van der Waals surface area (Å²) in [5.74, 6) is -6.63. The Balaban J connectivity index is -0.000000184. The number of carboxylic acid groups (broad SMARTS) is 6. The van der Waals surface area contributed by atoms with E-state index in [1.807, 2.05) is 0 Å². The Morgan fingerprint density at radius 2 is 0.511 bits per heavy atom. The summed E-state index contributed by atoms with van der Waals surface area (Å²) in [5.41, 5.74) is -4.42. The van der Waals surface area contributed by atoms with Crippen LogP contribution in [0.15, 0.2) is 0 Å². The molecule has 0 fully saturated rings. The fourth-order valence-electron chi connectivity index (χ4n) is 3.79. The van der Waals surface area contributed by atoms with Crippen molar-refractivity contribution < 1.29 is 131 Å². The zero-order valence-corrected chi connectivity index (χ0v) is 37.7. The van der Waals surface area contributed by atoms with Gasteiger partial charge in [-0.15, -0.1) is 0 Å². The third-order valence-electron chi connectivity index (χ3n) is 10.2. The average Bonchev–Trinajstić information content (AvgIpc) is 2.83. The first-order valence-electron chi connectivity index (χ1n) is 15.1. The molecule has 0 aromatic carbocycles. The molecule has 0 saturated carbocycles. The zero-order valence-electron chi connectivity index (χ0n) is 30.4. The van der Waals surface area contributed by atoms with Crippen LogP contribution in [0.25, 0.3) is 0 Å². The van der Waals surface area contributed by atoms with Crippen molar-refractivity contribution in [3.8, 4) is 0 Å². The number of hydrogen-bond acceptors (Lipinski definition) is 12. The van der Waals surface area contributed by atoms with Gasteiger partial charge in [0.2, 0.25) is 0 Å². The first kappa shape index (κ1) is 55.6. The van der Waals surface area contributed by atoms with E-state index in [0.717, 1.165) is 0 Å². The third-order valence-corrected chi connectivity index (χ3v) is 10.2. The molecule has 0 heterocycles. The van der Waals surface area contributed by atoms with Crippen LogP contribution in [0, 0.1) is 104 Å². The molecule has 0 radical (unpaired) electrons. The quantitative estimate of drug-likeness (QED) is 0.163. The van der Waals surface area contributed by atoms with Crippen LogP contribution in [-0.4, -0.2) is 35.8 Å². The van der Waals surface area contributed by atoms with Crippen LogP contribution in [0.1, 0.15) is 141 Å². The number of aliphatic carboxylic acids is 6. The van der Waals surface area contributed by atoms with Crippen molar-refractivity contribution in [1.29, 1.82) is 0 Å². The SMILES string of the molecule is CC(C)(CCCC(=O)[O-])C(C)(C)C(=O)[O-].CC(C)(CCCC(=O)[O-])C(C)(C)C(=O)[O-].CC(C)(CCCC(=O)[O-])C(C)(C)C(=O)[O-].[La+3].[La+3]. The van der Waals surface area contributed by atoms with Crippen molar-refractivity contribution in [2.75, 3.05) is 0 Å². The number of rotatable bonds is 18. The second kappa shape index (κ2) is 22.8. The molecule has 0 amide bonds. The Morgan fingerprint density at radius 1 is 0.362 bits per heavy atom. The third kappa shape index (κ3) is 19.9. The molecule has 0 aromatic heterocycles. The summed E-state index contributed by atoms with van der Waals surface area (Å²) in [6.45, 7) is 20.4. The second-order valence-corrected chi connectivity index (χ2v) is 15.1. The van der Waals surface area contributed by atoms with Gasteiger partial charge in [0.05, 0.1) is 0 Å². The molecule has 264 valence electrons. The molecule has 0 bridgehead atoms. The second-order valence-electron chi connectivity index (χ2n) is 15.1. The molecule has 47 heavy (non-hydrogen) atoms. The Hall–Kier alpha value is -0.790. The van der Waals surface area contributed by atoms with Crippen LogP contribution >= 0.6 is 0 Å². The molecule has 12 nitrogen and oxygen atoms in total. The summed E-state index contributed by atoms with van der Waals surface area (Å²) < 4.78 is 0. The number of carbonyl (C=O) groups excluding carboxylic acids is 6. The fourth-order valence-corrected chi connectivity index (χ4v) is 3.79. The summed E-state index contributed by atoms with van der Waals surface area (Å²) in [7, 11) is 0. The van der Waals surface area contributed by atoms with E-state index < -0.39 is 68.3 Å². The molecule has 0 saturated heterocycles. The smallest absolute Gasteiger partial charge is 0.550 e. The molecule has 0 unspecified atom stereocenters. The van der Waals surface area contributed by atoms with Gasteiger partial charge in [-0.1, -0.05) is 83.1 Å². The van der Waals surface area contributed by atoms with E-state index in [4.69, 9.17) is 0 Å². The Morgan fingerprint density at radius 3 is 0.617 bits per heavy atom. The molecule has 0 aromatic rings. The molecular weight excluding hydrogens is 866 g/mol. The van der Waals surface area contributed by atoms with Gasteiger partial charge in [0.15, 0.2) is 0 Å². The minimum absolute atomic E-state index is 0. The van der Waals surface area contributed by atoms with Gasteiger partial charge in [-0.25, -0.2) is 0 Å². The van der Waals surface area contributed by atoms with Gasteiger partial charge < -0.3 is 59.4 Å². The van der Waals surface area contributed by atoms with Crippen LogP contribution in [0.3, 0.4) is 0 Å². The summed E-state index contributed by atoms with van der Waals surface area (Å²) in [5, 5.41) is 63.5. The van der Waals surface area contributed by atoms with Crippen LogP contribution in [0.2, 0.25) is 0 Å². The molecule has 0 rings (SSSR count). The van der Waals surface area contributed by atoms with Gasteiger partial charge >= 0.3 is 71.2 Å².